The molecule has 0 radical (unpaired) electrons. The summed E-state index contributed by atoms with van der Waals surface area (Å²) in [4.78, 5) is 33.3. The molecule has 0 aliphatic rings. The maximum absolute atomic E-state index is 11.9. The third-order valence-corrected chi connectivity index (χ3v) is 2.70. The van der Waals surface area contributed by atoms with Crippen molar-refractivity contribution in [3.05, 3.63) is 33.9 Å². The van der Waals surface area contributed by atoms with Gasteiger partial charge in [0.25, 0.3) is 11.6 Å². The van der Waals surface area contributed by atoms with Gasteiger partial charge in [0, 0.05) is 37.3 Å². The van der Waals surface area contributed by atoms with Crippen LogP contribution in [0.15, 0.2) is 18.2 Å². The average Bonchev–Trinajstić information content (AvgIpc) is 2.45. The summed E-state index contributed by atoms with van der Waals surface area (Å²) in [6.07, 6.45) is 0.975. The lowest BCUT2D eigenvalue weighted by Gasteiger charge is -2.07. The Labute approximate surface area is 121 Å². The summed E-state index contributed by atoms with van der Waals surface area (Å²) >= 11 is 0. The minimum atomic E-state index is -0.603. The van der Waals surface area contributed by atoms with Crippen molar-refractivity contribution in [2.24, 2.45) is 0 Å². The number of rotatable bonds is 7. The highest BCUT2D eigenvalue weighted by atomic mass is 16.6. The lowest BCUT2D eigenvalue weighted by molar-refractivity contribution is -0.384. The van der Waals surface area contributed by atoms with Crippen LogP contribution in [0, 0.1) is 10.1 Å². The molecular formula is C13H18N4O4. The van der Waals surface area contributed by atoms with Gasteiger partial charge in [-0.1, -0.05) is 6.92 Å². The van der Waals surface area contributed by atoms with E-state index in [0.717, 1.165) is 12.5 Å². The maximum atomic E-state index is 11.9. The summed E-state index contributed by atoms with van der Waals surface area (Å²) in [5.74, 6) is -0.705. The summed E-state index contributed by atoms with van der Waals surface area (Å²) in [6.45, 7) is 2.66. The fourth-order valence-electron chi connectivity index (χ4n) is 1.59. The van der Waals surface area contributed by atoms with Crippen LogP contribution in [0.25, 0.3) is 0 Å². The van der Waals surface area contributed by atoms with E-state index in [1.165, 1.54) is 12.1 Å². The zero-order valence-corrected chi connectivity index (χ0v) is 11.7. The Hall–Kier alpha value is -2.64. The van der Waals surface area contributed by atoms with Crippen molar-refractivity contribution in [2.45, 2.75) is 19.8 Å². The van der Waals surface area contributed by atoms with Gasteiger partial charge in [0.2, 0.25) is 5.91 Å². The monoisotopic (exact) mass is 294 g/mol. The van der Waals surface area contributed by atoms with Crippen LogP contribution in [-0.4, -0.2) is 29.8 Å². The number of carbonyl (C=O) groups is 2. The first-order chi connectivity index (χ1) is 9.95. The number of nitro groups is 1. The largest absolute Gasteiger partial charge is 0.398 e. The summed E-state index contributed by atoms with van der Waals surface area (Å²) in [5, 5.41) is 15.9. The Kier molecular flexibility index (Phi) is 6.12. The number of non-ortho nitro benzene ring substituents is 1. The van der Waals surface area contributed by atoms with Crippen LogP contribution in [0.5, 0.6) is 0 Å². The molecule has 0 spiro atoms. The number of amides is 2. The molecule has 0 fully saturated rings. The van der Waals surface area contributed by atoms with Gasteiger partial charge in [-0.05, 0) is 12.5 Å². The van der Waals surface area contributed by atoms with Crippen LogP contribution >= 0.6 is 0 Å². The fraction of sp³-hybridized carbons (Fsp3) is 0.385. The molecule has 1 rings (SSSR count). The molecule has 0 aliphatic carbocycles. The minimum Gasteiger partial charge on any atom is -0.398 e. The number of nitro benzene ring substituents is 1. The smallest absolute Gasteiger partial charge is 0.270 e. The molecule has 0 saturated carbocycles. The predicted molar refractivity (Wildman–Crippen MR) is 77.8 cm³/mol. The zero-order valence-electron chi connectivity index (χ0n) is 11.7. The minimum absolute atomic E-state index is 0.0261. The van der Waals surface area contributed by atoms with E-state index in [-0.39, 0.29) is 35.8 Å². The number of hydrogen-bond donors (Lipinski definition) is 3. The average molecular weight is 294 g/mol. The number of nitrogens with zero attached hydrogens (tertiary/aromatic N) is 1. The van der Waals surface area contributed by atoms with E-state index in [2.05, 4.69) is 10.6 Å². The highest BCUT2D eigenvalue weighted by Gasteiger charge is 2.15. The van der Waals surface area contributed by atoms with Crippen molar-refractivity contribution >= 4 is 23.2 Å². The van der Waals surface area contributed by atoms with Crippen molar-refractivity contribution in [1.82, 2.24) is 10.6 Å². The standard InChI is InChI=1S/C13H18N4O4/c1-2-6-15-12(18)5-7-16-13(19)10-8-9(17(20)21)3-4-11(10)14/h3-4,8H,2,5-7,14H2,1H3,(H,15,18)(H,16,19). The zero-order chi connectivity index (χ0) is 15.8. The SMILES string of the molecule is CCCNC(=O)CCNC(=O)c1cc([N+](=O)[O-])ccc1N. The normalized spacial score (nSPS) is 9.95. The van der Waals surface area contributed by atoms with Crippen molar-refractivity contribution < 1.29 is 14.5 Å². The third kappa shape index (κ3) is 5.09. The van der Waals surface area contributed by atoms with Crippen molar-refractivity contribution in [3.63, 3.8) is 0 Å². The molecule has 0 aliphatic heterocycles. The van der Waals surface area contributed by atoms with E-state index in [1.54, 1.807) is 0 Å². The topological polar surface area (TPSA) is 127 Å². The van der Waals surface area contributed by atoms with Gasteiger partial charge < -0.3 is 16.4 Å². The second kappa shape index (κ2) is 7.83. The molecule has 0 bridgehead atoms. The predicted octanol–water partition coefficient (Wildman–Crippen LogP) is 0.823. The van der Waals surface area contributed by atoms with Gasteiger partial charge in [0.05, 0.1) is 10.5 Å². The van der Waals surface area contributed by atoms with E-state index in [4.69, 9.17) is 5.73 Å². The number of nitrogens with one attached hydrogen (secondary N) is 2. The highest BCUT2D eigenvalue weighted by Crippen LogP contribution is 2.19. The summed E-state index contributed by atoms with van der Waals surface area (Å²) in [5.41, 5.74) is 5.58. The summed E-state index contributed by atoms with van der Waals surface area (Å²) in [6, 6.07) is 3.65. The maximum Gasteiger partial charge on any atom is 0.270 e. The molecule has 114 valence electrons. The van der Waals surface area contributed by atoms with Crippen LogP contribution in [0.2, 0.25) is 0 Å². The number of benzene rings is 1. The molecule has 21 heavy (non-hydrogen) atoms. The van der Waals surface area contributed by atoms with Gasteiger partial charge in [0.1, 0.15) is 0 Å². The Morgan fingerprint density at radius 3 is 2.62 bits per heavy atom. The van der Waals surface area contributed by atoms with E-state index >= 15 is 0 Å². The van der Waals surface area contributed by atoms with Crippen molar-refractivity contribution in [2.75, 3.05) is 18.8 Å². The molecule has 0 heterocycles. The fourth-order valence-corrected chi connectivity index (χ4v) is 1.59. The third-order valence-electron chi connectivity index (χ3n) is 2.70. The Morgan fingerprint density at radius 2 is 2.00 bits per heavy atom. The number of nitrogen functional groups attached to an aromatic ring is 1. The molecule has 8 nitrogen and oxygen atoms in total. The van der Waals surface area contributed by atoms with Gasteiger partial charge in [-0.3, -0.25) is 19.7 Å². The Bertz CT molecular complexity index is 545. The Morgan fingerprint density at radius 1 is 1.29 bits per heavy atom. The second-order valence-corrected chi connectivity index (χ2v) is 4.38. The molecular weight excluding hydrogens is 276 g/mol. The van der Waals surface area contributed by atoms with Crippen LogP contribution in [0.4, 0.5) is 11.4 Å². The van der Waals surface area contributed by atoms with E-state index in [9.17, 15) is 19.7 Å². The van der Waals surface area contributed by atoms with Crippen molar-refractivity contribution in [3.8, 4) is 0 Å². The summed E-state index contributed by atoms with van der Waals surface area (Å²) < 4.78 is 0. The van der Waals surface area contributed by atoms with Gasteiger partial charge in [-0.15, -0.1) is 0 Å². The van der Waals surface area contributed by atoms with Crippen LogP contribution in [-0.2, 0) is 4.79 Å². The molecule has 0 unspecified atom stereocenters. The molecule has 0 atom stereocenters. The van der Waals surface area contributed by atoms with Crippen LogP contribution < -0.4 is 16.4 Å². The molecule has 4 N–H and O–H groups in total. The summed E-state index contributed by atoms with van der Waals surface area (Å²) in [7, 11) is 0. The van der Waals surface area contributed by atoms with Gasteiger partial charge in [-0.2, -0.15) is 0 Å². The number of nitrogens with two attached hydrogens (primary N) is 1. The number of carbonyl (C=O) groups excluding carboxylic acids is 2. The molecule has 8 heteroatoms. The number of anilines is 1. The van der Waals surface area contributed by atoms with Crippen LogP contribution in [0.3, 0.4) is 0 Å². The first-order valence-electron chi connectivity index (χ1n) is 6.54. The molecule has 0 aromatic heterocycles. The number of hydrogen-bond acceptors (Lipinski definition) is 5. The lowest BCUT2D eigenvalue weighted by atomic mass is 10.1. The molecule has 1 aromatic carbocycles. The first kappa shape index (κ1) is 16.4. The van der Waals surface area contributed by atoms with Gasteiger partial charge in [0.15, 0.2) is 0 Å². The highest BCUT2D eigenvalue weighted by molar-refractivity contribution is 5.99. The van der Waals surface area contributed by atoms with Crippen molar-refractivity contribution in [1.29, 1.82) is 0 Å². The first-order valence-corrected chi connectivity index (χ1v) is 6.54. The Balaban J connectivity index is 2.58. The lowest BCUT2D eigenvalue weighted by Crippen LogP contribution is -2.31. The van der Waals surface area contributed by atoms with E-state index in [1.807, 2.05) is 6.92 Å². The molecule has 0 saturated heterocycles. The van der Waals surface area contributed by atoms with Gasteiger partial charge in [-0.25, -0.2) is 0 Å². The van der Waals surface area contributed by atoms with E-state index < -0.39 is 10.8 Å². The quantitative estimate of drug-likeness (QED) is 0.390. The van der Waals surface area contributed by atoms with Gasteiger partial charge >= 0.3 is 0 Å². The van der Waals surface area contributed by atoms with Crippen LogP contribution in [0.1, 0.15) is 30.1 Å². The second-order valence-electron chi connectivity index (χ2n) is 4.38. The molecule has 2 amide bonds. The van der Waals surface area contributed by atoms with E-state index in [0.29, 0.717) is 6.54 Å². The molecule has 1 aromatic rings.